The number of benzene rings is 2. The number of hydrogen-bond acceptors (Lipinski definition) is 3. The smallest absolute Gasteiger partial charge is 0.118 e. The Morgan fingerprint density at radius 2 is 1.42 bits per heavy atom. The molecule has 0 saturated carbocycles. The highest BCUT2D eigenvalue weighted by Gasteiger charge is 2.10. The van der Waals surface area contributed by atoms with Crippen LogP contribution in [0.2, 0.25) is 0 Å². The van der Waals surface area contributed by atoms with Gasteiger partial charge >= 0.3 is 0 Å². The molecule has 0 heterocycles. The first-order valence-electron chi connectivity index (χ1n) is 7.48. The van der Waals surface area contributed by atoms with Gasteiger partial charge in [-0.25, -0.2) is 0 Å². The van der Waals surface area contributed by atoms with Gasteiger partial charge in [0.15, 0.2) is 0 Å². The molecule has 2 aromatic rings. The molecule has 0 saturated heterocycles. The van der Waals surface area contributed by atoms with Crippen molar-refractivity contribution in [1.82, 2.24) is 0 Å². The molecule has 3 nitrogen and oxygen atoms in total. The first kappa shape index (κ1) is 17.4. The average Bonchev–Trinajstić information content (AvgIpc) is 2.65. The summed E-state index contributed by atoms with van der Waals surface area (Å²) in [6, 6.07) is 15.5. The predicted molar refractivity (Wildman–Crippen MR) is 97.1 cm³/mol. The van der Waals surface area contributed by atoms with E-state index in [1.54, 1.807) is 20.3 Å². The van der Waals surface area contributed by atoms with E-state index in [4.69, 9.17) is 14.6 Å². The number of methoxy groups -OCH3 is 2. The Balaban J connectivity index is 2.62. The van der Waals surface area contributed by atoms with Crippen LogP contribution in [0.3, 0.4) is 0 Å². The van der Waals surface area contributed by atoms with E-state index in [0.717, 1.165) is 33.8 Å². The van der Waals surface area contributed by atoms with Gasteiger partial charge in [-0.3, -0.25) is 0 Å². The van der Waals surface area contributed by atoms with Crippen LogP contribution < -0.4 is 9.47 Å². The van der Waals surface area contributed by atoms with Gasteiger partial charge in [-0.1, -0.05) is 48.8 Å². The molecule has 1 N–H and O–H groups in total. The Labute approximate surface area is 142 Å². The van der Waals surface area contributed by atoms with Gasteiger partial charge in [-0.15, -0.1) is 0 Å². The summed E-state index contributed by atoms with van der Waals surface area (Å²) in [4.78, 5) is 0. The van der Waals surface area contributed by atoms with Crippen molar-refractivity contribution in [3.05, 3.63) is 77.9 Å². The maximum absolute atomic E-state index is 9.01. The monoisotopic (exact) mass is 320 g/mol. The third-order valence-electron chi connectivity index (χ3n) is 3.53. The molecule has 0 radical (unpaired) electrons. The SMILES string of the molecule is C=CC(C#CCO)=C(c1ccc(OC)cc1)c1ccc(OC)cc1. The van der Waals surface area contributed by atoms with E-state index in [1.165, 1.54) is 0 Å². The van der Waals surface area contributed by atoms with E-state index in [9.17, 15) is 0 Å². The largest absolute Gasteiger partial charge is 0.497 e. The van der Waals surface area contributed by atoms with E-state index < -0.39 is 0 Å². The zero-order valence-electron chi connectivity index (χ0n) is 13.9. The molecular formula is C21H20O3. The third kappa shape index (κ3) is 4.07. The summed E-state index contributed by atoms with van der Waals surface area (Å²) in [6.45, 7) is 3.66. The zero-order valence-corrected chi connectivity index (χ0v) is 13.9. The zero-order chi connectivity index (χ0) is 17.4. The van der Waals surface area contributed by atoms with Crippen LogP contribution in [0.4, 0.5) is 0 Å². The number of aliphatic hydroxyl groups is 1. The molecule has 0 aromatic heterocycles. The molecule has 0 fully saturated rings. The van der Waals surface area contributed by atoms with Crippen LogP contribution in [0, 0.1) is 11.8 Å². The van der Waals surface area contributed by atoms with Crippen molar-refractivity contribution in [2.45, 2.75) is 0 Å². The Morgan fingerprint density at radius 3 is 1.75 bits per heavy atom. The first-order chi connectivity index (χ1) is 11.7. The van der Waals surface area contributed by atoms with Crippen LogP contribution in [-0.2, 0) is 0 Å². The first-order valence-corrected chi connectivity index (χ1v) is 7.48. The second-order valence-electron chi connectivity index (χ2n) is 4.91. The molecule has 0 amide bonds. The maximum atomic E-state index is 9.01. The van der Waals surface area contributed by atoms with Gasteiger partial charge in [-0.05, 0) is 35.4 Å². The van der Waals surface area contributed by atoms with Crippen LogP contribution in [-0.4, -0.2) is 25.9 Å². The minimum atomic E-state index is -0.199. The summed E-state index contributed by atoms with van der Waals surface area (Å²) in [5.74, 6) is 7.24. The second kappa shape index (κ2) is 8.61. The van der Waals surface area contributed by atoms with Crippen LogP contribution in [0.5, 0.6) is 11.5 Å². The molecule has 0 atom stereocenters. The number of hydrogen-bond donors (Lipinski definition) is 1. The summed E-state index contributed by atoms with van der Waals surface area (Å²) in [5.41, 5.74) is 3.67. The van der Waals surface area contributed by atoms with E-state index in [-0.39, 0.29) is 6.61 Å². The van der Waals surface area contributed by atoms with Gasteiger partial charge in [0.05, 0.1) is 14.2 Å². The van der Waals surface area contributed by atoms with Crippen molar-refractivity contribution in [3.63, 3.8) is 0 Å². The highest BCUT2D eigenvalue weighted by molar-refractivity contribution is 5.86. The van der Waals surface area contributed by atoms with Crippen molar-refractivity contribution in [2.75, 3.05) is 20.8 Å². The maximum Gasteiger partial charge on any atom is 0.118 e. The van der Waals surface area contributed by atoms with Crippen molar-refractivity contribution in [2.24, 2.45) is 0 Å². The standard InChI is InChI=1S/C21H20O3/c1-4-16(6-5-15-22)21(17-7-11-19(23-2)12-8-17)18-9-13-20(24-3)14-10-18/h4,7-14,22H,1,15H2,2-3H3. The summed E-state index contributed by atoms with van der Waals surface area (Å²) in [7, 11) is 3.27. The number of allylic oxidation sites excluding steroid dienone is 2. The Morgan fingerprint density at radius 1 is 0.958 bits per heavy atom. The fraction of sp³-hybridized carbons (Fsp3) is 0.143. The highest BCUT2D eigenvalue weighted by Crippen LogP contribution is 2.30. The Kier molecular flexibility index (Phi) is 6.24. The molecule has 3 heteroatoms. The van der Waals surface area contributed by atoms with Gasteiger partial charge in [-0.2, -0.15) is 0 Å². The molecular weight excluding hydrogens is 300 g/mol. The van der Waals surface area contributed by atoms with Gasteiger partial charge in [0, 0.05) is 11.1 Å². The van der Waals surface area contributed by atoms with Gasteiger partial charge in [0.2, 0.25) is 0 Å². The molecule has 0 bridgehead atoms. The van der Waals surface area contributed by atoms with E-state index >= 15 is 0 Å². The molecule has 24 heavy (non-hydrogen) atoms. The van der Waals surface area contributed by atoms with Crippen LogP contribution in [0.25, 0.3) is 5.57 Å². The summed E-state index contributed by atoms with van der Waals surface area (Å²) < 4.78 is 10.4. The number of aliphatic hydroxyl groups excluding tert-OH is 1. The van der Waals surface area contributed by atoms with Gasteiger partial charge in [0.1, 0.15) is 18.1 Å². The highest BCUT2D eigenvalue weighted by atomic mass is 16.5. The Hall–Kier alpha value is -2.96. The summed E-state index contributed by atoms with van der Waals surface area (Å²) in [6.07, 6.45) is 1.70. The predicted octanol–water partition coefficient (Wildman–Crippen LogP) is 3.69. The molecule has 0 aliphatic carbocycles. The van der Waals surface area contributed by atoms with E-state index in [0.29, 0.717) is 0 Å². The molecule has 2 aromatic carbocycles. The average molecular weight is 320 g/mol. The van der Waals surface area contributed by atoms with Gasteiger partial charge in [0.25, 0.3) is 0 Å². The fourth-order valence-corrected chi connectivity index (χ4v) is 2.34. The molecule has 122 valence electrons. The second-order valence-corrected chi connectivity index (χ2v) is 4.91. The van der Waals surface area contributed by atoms with Crippen molar-refractivity contribution >= 4 is 5.57 Å². The lowest BCUT2D eigenvalue weighted by Crippen LogP contribution is -1.94. The van der Waals surface area contributed by atoms with Crippen molar-refractivity contribution < 1.29 is 14.6 Å². The lowest BCUT2D eigenvalue weighted by Gasteiger charge is -2.12. The normalized spacial score (nSPS) is 9.46. The fourth-order valence-electron chi connectivity index (χ4n) is 2.34. The summed E-state index contributed by atoms with van der Waals surface area (Å²) in [5, 5.41) is 9.01. The number of ether oxygens (including phenoxy) is 2. The third-order valence-corrected chi connectivity index (χ3v) is 3.53. The van der Waals surface area contributed by atoms with Crippen molar-refractivity contribution in [1.29, 1.82) is 0 Å². The molecule has 0 aliphatic rings. The Bertz CT molecular complexity index is 723. The number of rotatable bonds is 5. The van der Waals surface area contributed by atoms with Crippen LogP contribution in [0.15, 0.2) is 66.8 Å². The quantitative estimate of drug-likeness (QED) is 0.674. The van der Waals surface area contributed by atoms with Gasteiger partial charge < -0.3 is 14.6 Å². The van der Waals surface area contributed by atoms with E-state index in [1.807, 2.05) is 48.5 Å². The molecule has 0 aliphatic heterocycles. The van der Waals surface area contributed by atoms with E-state index in [2.05, 4.69) is 18.4 Å². The topological polar surface area (TPSA) is 38.7 Å². The lowest BCUT2D eigenvalue weighted by atomic mass is 9.93. The summed E-state index contributed by atoms with van der Waals surface area (Å²) >= 11 is 0. The van der Waals surface area contributed by atoms with Crippen molar-refractivity contribution in [3.8, 4) is 23.3 Å². The minimum absolute atomic E-state index is 0.199. The molecule has 0 spiro atoms. The van der Waals surface area contributed by atoms with Crippen LogP contribution >= 0.6 is 0 Å². The van der Waals surface area contributed by atoms with Crippen LogP contribution in [0.1, 0.15) is 11.1 Å². The molecule has 0 unspecified atom stereocenters. The minimum Gasteiger partial charge on any atom is -0.497 e. The molecule has 2 rings (SSSR count). The lowest BCUT2D eigenvalue weighted by molar-refractivity contribution is 0.350.